The van der Waals surface area contributed by atoms with Gasteiger partial charge in [0.1, 0.15) is 5.69 Å². The summed E-state index contributed by atoms with van der Waals surface area (Å²) in [5.74, 6) is 0.641. The lowest BCUT2D eigenvalue weighted by Crippen LogP contribution is -2.39. The Kier molecular flexibility index (Phi) is 2.87. The van der Waals surface area contributed by atoms with Crippen LogP contribution in [0.1, 0.15) is 32.4 Å². The second-order valence-electron chi connectivity index (χ2n) is 4.79. The molecule has 1 aromatic heterocycles. The van der Waals surface area contributed by atoms with Gasteiger partial charge in [-0.05, 0) is 32.8 Å². The molecule has 1 saturated heterocycles. The Labute approximate surface area is 100 Å². The molecule has 0 aromatic carbocycles. The third kappa shape index (κ3) is 2.15. The summed E-state index contributed by atoms with van der Waals surface area (Å²) in [5.41, 5.74) is 6.02. The number of anilines is 1. The third-order valence-corrected chi connectivity index (χ3v) is 3.16. The molecule has 6 nitrogen and oxygen atoms in total. The van der Waals surface area contributed by atoms with Crippen molar-refractivity contribution in [3.63, 3.8) is 0 Å². The Morgan fingerprint density at radius 1 is 1.59 bits per heavy atom. The molecule has 0 saturated carbocycles. The number of nitrogens with zero attached hydrogens (tertiary/aromatic N) is 4. The van der Waals surface area contributed by atoms with Crippen molar-refractivity contribution in [1.29, 1.82) is 0 Å². The highest BCUT2D eigenvalue weighted by Crippen LogP contribution is 2.31. The molecule has 0 aliphatic carbocycles. The highest BCUT2D eigenvalue weighted by atomic mass is 16.4. The predicted octanol–water partition coefficient (Wildman–Crippen LogP) is 0.950. The maximum absolute atomic E-state index is 8.64. The summed E-state index contributed by atoms with van der Waals surface area (Å²) in [6.45, 7) is 5.27. The first-order valence-corrected chi connectivity index (χ1v) is 5.63. The van der Waals surface area contributed by atoms with E-state index in [0.29, 0.717) is 11.6 Å². The normalized spacial score (nSPS) is 19.6. The summed E-state index contributed by atoms with van der Waals surface area (Å²) >= 11 is 0. The average molecular weight is 235 g/mol. The van der Waals surface area contributed by atoms with Gasteiger partial charge >= 0.3 is 0 Å². The first kappa shape index (κ1) is 11.6. The summed E-state index contributed by atoms with van der Waals surface area (Å²) < 4.78 is 0. The van der Waals surface area contributed by atoms with Crippen molar-refractivity contribution in [1.82, 2.24) is 9.97 Å². The summed E-state index contributed by atoms with van der Waals surface area (Å²) in [4.78, 5) is 10.7. The molecule has 0 spiro atoms. The molecule has 1 aliphatic heterocycles. The Hall–Kier alpha value is -1.85. The fourth-order valence-electron chi connectivity index (χ4n) is 2.15. The van der Waals surface area contributed by atoms with Crippen LogP contribution < -0.4 is 10.6 Å². The van der Waals surface area contributed by atoms with Crippen molar-refractivity contribution >= 4 is 11.8 Å². The van der Waals surface area contributed by atoms with Crippen molar-refractivity contribution in [2.75, 3.05) is 11.4 Å². The molecule has 0 radical (unpaired) electrons. The smallest absolute Gasteiger partial charge is 0.226 e. The van der Waals surface area contributed by atoms with Crippen LogP contribution in [-0.4, -0.2) is 33.1 Å². The average Bonchev–Trinajstić information content (AvgIpc) is 2.68. The molecular weight excluding hydrogens is 218 g/mol. The molecule has 92 valence electrons. The first-order chi connectivity index (χ1) is 8.04. The maximum Gasteiger partial charge on any atom is 0.226 e. The van der Waals surface area contributed by atoms with Gasteiger partial charge < -0.3 is 15.8 Å². The Morgan fingerprint density at radius 3 is 2.94 bits per heavy atom. The highest BCUT2D eigenvalue weighted by molar-refractivity contribution is 5.95. The second-order valence-corrected chi connectivity index (χ2v) is 4.79. The van der Waals surface area contributed by atoms with E-state index in [4.69, 9.17) is 10.9 Å². The van der Waals surface area contributed by atoms with Gasteiger partial charge in [-0.1, -0.05) is 5.16 Å². The van der Waals surface area contributed by atoms with Crippen LogP contribution in [0.2, 0.25) is 0 Å². The number of hydrogen-bond acceptors (Lipinski definition) is 5. The molecule has 6 heteroatoms. The van der Waals surface area contributed by atoms with Crippen LogP contribution in [0.5, 0.6) is 0 Å². The number of aromatic nitrogens is 2. The minimum Gasteiger partial charge on any atom is -0.409 e. The minimum atomic E-state index is 0.00523. The van der Waals surface area contributed by atoms with E-state index >= 15 is 0 Å². The molecule has 0 atom stereocenters. The van der Waals surface area contributed by atoms with E-state index in [1.807, 2.05) is 0 Å². The van der Waals surface area contributed by atoms with Gasteiger partial charge in [-0.15, -0.1) is 0 Å². The number of hydrogen-bond donors (Lipinski definition) is 2. The Morgan fingerprint density at radius 2 is 2.35 bits per heavy atom. The summed E-state index contributed by atoms with van der Waals surface area (Å²) in [6.07, 6.45) is 3.87. The molecule has 0 unspecified atom stereocenters. The second kappa shape index (κ2) is 4.20. The third-order valence-electron chi connectivity index (χ3n) is 3.16. The molecule has 2 heterocycles. The Bertz CT molecular complexity index is 443. The molecular formula is C11H17N5O. The van der Waals surface area contributed by atoms with Gasteiger partial charge in [0.2, 0.25) is 5.95 Å². The zero-order chi connectivity index (χ0) is 12.5. The van der Waals surface area contributed by atoms with E-state index in [0.717, 1.165) is 19.4 Å². The van der Waals surface area contributed by atoms with Crippen LogP contribution in [0.4, 0.5) is 5.95 Å². The van der Waals surface area contributed by atoms with Crippen molar-refractivity contribution in [2.45, 2.75) is 32.2 Å². The predicted molar refractivity (Wildman–Crippen MR) is 65.2 cm³/mol. The number of amidine groups is 1. The van der Waals surface area contributed by atoms with Crippen molar-refractivity contribution < 1.29 is 5.21 Å². The molecule has 1 aliphatic rings. The van der Waals surface area contributed by atoms with Gasteiger partial charge in [0.15, 0.2) is 5.84 Å². The summed E-state index contributed by atoms with van der Waals surface area (Å²) in [5, 5.41) is 11.6. The highest BCUT2D eigenvalue weighted by Gasteiger charge is 2.33. The molecule has 17 heavy (non-hydrogen) atoms. The fourth-order valence-corrected chi connectivity index (χ4v) is 2.15. The van der Waals surface area contributed by atoms with Crippen molar-refractivity contribution in [3.05, 3.63) is 18.0 Å². The first-order valence-electron chi connectivity index (χ1n) is 5.63. The van der Waals surface area contributed by atoms with Crippen LogP contribution >= 0.6 is 0 Å². The van der Waals surface area contributed by atoms with E-state index in [1.165, 1.54) is 0 Å². The lowest BCUT2D eigenvalue weighted by molar-refractivity contribution is 0.318. The largest absolute Gasteiger partial charge is 0.409 e. The van der Waals surface area contributed by atoms with E-state index in [1.54, 1.807) is 12.3 Å². The van der Waals surface area contributed by atoms with Crippen molar-refractivity contribution in [2.24, 2.45) is 10.9 Å². The van der Waals surface area contributed by atoms with Gasteiger partial charge in [0.05, 0.1) is 0 Å². The van der Waals surface area contributed by atoms with Crippen LogP contribution in [-0.2, 0) is 0 Å². The van der Waals surface area contributed by atoms with Crippen LogP contribution in [0.3, 0.4) is 0 Å². The van der Waals surface area contributed by atoms with Gasteiger partial charge in [-0.25, -0.2) is 9.97 Å². The zero-order valence-corrected chi connectivity index (χ0v) is 10.1. The van der Waals surface area contributed by atoms with E-state index < -0.39 is 0 Å². The molecule has 2 rings (SSSR count). The number of oxime groups is 1. The van der Waals surface area contributed by atoms with E-state index in [-0.39, 0.29) is 11.4 Å². The number of rotatable bonds is 2. The number of nitrogens with two attached hydrogens (primary N) is 1. The van der Waals surface area contributed by atoms with Crippen LogP contribution in [0, 0.1) is 0 Å². The summed E-state index contributed by atoms with van der Waals surface area (Å²) in [6, 6.07) is 1.63. The molecule has 0 amide bonds. The lowest BCUT2D eigenvalue weighted by atomic mass is 10.0. The molecule has 0 bridgehead atoms. The fraction of sp³-hybridized carbons (Fsp3) is 0.545. The van der Waals surface area contributed by atoms with Gasteiger partial charge in [-0.3, -0.25) is 0 Å². The van der Waals surface area contributed by atoms with Gasteiger partial charge in [0, 0.05) is 18.3 Å². The molecule has 3 N–H and O–H groups in total. The monoisotopic (exact) mass is 235 g/mol. The van der Waals surface area contributed by atoms with Crippen LogP contribution in [0.25, 0.3) is 0 Å². The molecule has 1 fully saturated rings. The SMILES string of the molecule is CC1(C)CCCN1c1nccc(/C(N)=N/O)n1. The maximum atomic E-state index is 8.64. The molecule has 1 aromatic rings. The van der Waals surface area contributed by atoms with Gasteiger partial charge in [-0.2, -0.15) is 0 Å². The van der Waals surface area contributed by atoms with Gasteiger partial charge in [0.25, 0.3) is 0 Å². The summed E-state index contributed by atoms with van der Waals surface area (Å²) in [7, 11) is 0. The quantitative estimate of drug-likeness (QED) is 0.345. The van der Waals surface area contributed by atoms with E-state index in [9.17, 15) is 0 Å². The topological polar surface area (TPSA) is 87.6 Å². The zero-order valence-electron chi connectivity index (χ0n) is 10.1. The minimum absolute atomic E-state index is 0.00523. The van der Waals surface area contributed by atoms with Crippen molar-refractivity contribution in [3.8, 4) is 0 Å². The lowest BCUT2D eigenvalue weighted by Gasteiger charge is -2.31. The standard InChI is InChI=1S/C11H17N5O/c1-11(2)5-3-7-16(11)10-13-6-4-8(14-10)9(12)15-17/h4,6,17H,3,5,7H2,1-2H3,(H2,12,15). The Balaban J connectivity index is 2.34. The van der Waals surface area contributed by atoms with Crippen LogP contribution in [0.15, 0.2) is 17.4 Å². The van der Waals surface area contributed by atoms with E-state index in [2.05, 4.69) is 33.9 Å².